The molecule has 152 valence electrons. The number of rotatable bonds is 1. The molecule has 0 fully saturated rings. The Morgan fingerprint density at radius 1 is 0.867 bits per heavy atom. The van der Waals surface area contributed by atoms with E-state index in [-0.39, 0.29) is 11.6 Å². The lowest BCUT2D eigenvalue weighted by Gasteiger charge is -2.14. The van der Waals surface area contributed by atoms with Gasteiger partial charge in [-0.2, -0.15) is 0 Å². The fourth-order valence-corrected chi connectivity index (χ4v) is 3.65. The van der Waals surface area contributed by atoms with E-state index in [0.29, 0.717) is 27.8 Å². The molecule has 10 heteroatoms. The molecule has 2 aromatic heterocycles. The maximum absolute atomic E-state index is 13.2. The summed E-state index contributed by atoms with van der Waals surface area (Å²) in [7, 11) is -4.47. The highest BCUT2D eigenvalue weighted by atomic mass is 19.5. The molecule has 1 aliphatic rings. The SMILES string of the molecule is CO[n+]1cc2c(c3ccccc31)C(=O)c1[nH]c3ccccc3c1C2=O.F[B-](F)(F)F. The summed E-state index contributed by atoms with van der Waals surface area (Å²) >= 11 is 0. The van der Waals surface area contributed by atoms with Gasteiger partial charge in [-0.1, -0.05) is 30.3 Å². The third-order valence-electron chi connectivity index (χ3n) is 4.76. The number of H-pyrrole nitrogens is 1. The van der Waals surface area contributed by atoms with E-state index >= 15 is 0 Å². The molecule has 30 heavy (non-hydrogen) atoms. The number of aromatic amines is 1. The third kappa shape index (κ3) is 3.20. The summed E-state index contributed by atoms with van der Waals surface area (Å²) in [6.07, 6.45) is 1.60. The number of hydrogen-bond acceptors (Lipinski definition) is 3. The molecule has 0 saturated carbocycles. The van der Waals surface area contributed by atoms with Crippen LogP contribution in [0.5, 0.6) is 0 Å². The molecular formula is C20H13BF4N2O3. The van der Waals surface area contributed by atoms with Gasteiger partial charge in [-0.15, -0.1) is 0 Å². The van der Waals surface area contributed by atoms with Crippen molar-refractivity contribution in [1.82, 2.24) is 4.98 Å². The highest BCUT2D eigenvalue weighted by Gasteiger charge is 2.37. The van der Waals surface area contributed by atoms with Crippen LogP contribution < -0.4 is 9.57 Å². The molecule has 5 nitrogen and oxygen atoms in total. The van der Waals surface area contributed by atoms with Gasteiger partial charge in [0.05, 0.1) is 22.2 Å². The Kier molecular flexibility index (Phi) is 4.56. The molecule has 5 rings (SSSR count). The molecule has 4 aromatic rings. The molecule has 0 radical (unpaired) electrons. The van der Waals surface area contributed by atoms with Gasteiger partial charge in [0.2, 0.25) is 17.8 Å². The number of aromatic nitrogens is 2. The van der Waals surface area contributed by atoms with Crippen LogP contribution in [-0.2, 0) is 0 Å². The normalized spacial score (nSPS) is 13.0. The van der Waals surface area contributed by atoms with E-state index in [1.165, 1.54) is 11.8 Å². The molecule has 0 amide bonds. The summed E-state index contributed by atoms with van der Waals surface area (Å²) in [5, 5.41) is 1.46. The molecule has 0 atom stereocenters. The molecule has 0 saturated heterocycles. The number of pyridine rings is 1. The van der Waals surface area contributed by atoms with Crippen LogP contribution in [0.3, 0.4) is 0 Å². The predicted molar refractivity (Wildman–Crippen MR) is 102 cm³/mol. The van der Waals surface area contributed by atoms with E-state index < -0.39 is 7.25 Å². The van der Waals surface area contributed by atoms with Gasteiger partial charge < -0.3 is 22.2 Å². The van der Waals surface area contributed by atoms with Crippen LogP contribution in [-0.4, -0.2) is 30.9 Å². The minimum Gasteiger partial charge on any atom is -0.418 e. The Hall–Kier alpha value is -3.69. The Morgan fingerprint density at radius 3 is 2.13 bits per heavy atom. The number of carbonyl (C=O) groups excluding carboxylic acids is 2. The summed E-state index contributed by atoms with van der Waals surface area (Å²) in [5.41, 5.74) is 3.11. The molecule has 1 aliphatic carbocycles. The number of ketones is 2. The molecule has 2 aromatic carbocycles. The van der Waals surface area contributed by atoms with Gasteiger partial charge in [0.1, 0.15) is 12.7 Å². The first-order chi connectivity index (χ1) is 14.2. The fourth-order valence-electron chi connectivity index (χ4n) is 3.65. The highest BCUT2D eigenvalue weighted by molar-refractivity contribution is 6.50. The summed E-state index contributed by atoms with van der Waals surface area (Å²) in [6.45, 7) is 0. The van der Waals surface area contributed by atoms with E-state index in [9.17, 15) is 26.9 Å². The van der Waals surface area contributed by atoms with E-state index in [0.717, 1.165) is 16.4 Å². The van der Waals surface area contributed by atoms with Crippen molar-refractivity contribution in [2.24, 2.45) is 0 Å². The zero-order valence-electron chi connectivity index (χ0n) is 15.5. The van der Waals surface area contributed by atoms with Gasteiger partial charge in [-0.25, -0.2) is 0 Å². The first-order valence-electron chi connectivity index (χ1n) is 8.80. The van der Waals surface area contributed by atoms with Gasteiger partial charge in [0.15, 0.2) is 0 Å². The Labute approximate surface area is 166 Å². The number of nitrogens with one attached hydrogen (secondary N) is 1. The highest BCUT2D eigenvalue weighted by Crippen LogP contribution is 2.34. The zero-order chi connectivity index (χ0) is 21.6. The van der Waals surface area contributed by atoms with E-state index in [4.69, 9.17) is 4.84 Å². The molecule has 2 heterocycles. The standard InChI is InChI=1S/C20H12N2O3.BF4/c1-25-22-10-13-16(12-7-3-5-9-15(12)22)20(24)18-17(19(13)23)11-6-2-4-8-14(11)21-18;2-1(3,4)5/h2-10H,1H3;/q;-1/p+1. The van der Waals surface area contributed by atoms with Crippen LogP contribution >= 0.6 is 0 Å². The summed E-state index contributed by atoms with van der Waals surface area (Å²) in [6, 6.07) is 14.9. The molecule has 0 aliphatic heterocycles. The number of hydrogen-bond donors (Lipinski definition) is 1. The van der Waals surface area contributed by atoms with Gasteiger partial charge >= 0.3 is 7.25 Å². The summed E-state index contributed by atoms with van der Waals surface area (Å²) in [5.74, 6) is -0.334. The number of fused-ring (bicyclic) bond motifs is 6. The van der Waals surface area contributed by atoms with Gasteiger partial charge in [-0.05, 0) is 12.1 Å². The molecule has 0 bridgehead atoms. The van der Waals surface area contributed by atoms with Crippen LogP contribution in [0.4, 0.5) is 17.3 Å². The quantitative estimate of drug-likeness (QED) is 0.257. The van der Waals surface area contributed by atoms with E-state index in [2.05, 4.69) is 4.98 Å². The van der Waals surface area contributed by atoms with E-state index in [1.807, 2.05) is 48.5 Å². The maximum Gasteiger partial charge on any atom is 0.673 e. The number of carbonyl (C=O) groups is 2. The van der Waals surface area contributed by atoms with Crippen LogP contribution in [0.15, 0.2) is 54.7 Å². The molecule has 1 N–H and O–H groups in total. The van der Waals surface area contributed by atoms with Crippen LogP contribution in [0, 0.1) is 0 Å². The first-order valence-corrected chi connectivity index (χ1v) is 8.80. The van der Waals surface area contributed by atoms with E-state index in [1.54, 1.807) is 6.20 Å². The predicted octanol–water partition coefficient (Wildman–Crippen LogP) is 3.74. The second-order valence-electron chi connectivity index (χ2n) is 6.52. The van der Waals surface area contributed by atoms with Crippen molar-refractivity contribution in [3.63, 3.8) is 0 Å². The lowest BCUT2D eigenvalue weighted by Crippen LogP contribution is -2.43. The molecule has 0 spiro atoms. The average molecular weight is 416 g/mol. The Balaban J connectivity index is 0.000000393. The Morgan fingerprint density at radius 2 is 1.47 bits per heavy atom. The largest absolute Gasteiger partial charge is 0.673 e. The van der Waals surface area contributed by atoms with Crippen LogP contribution in [0.1, 0.15) is 32.0 Å². The minimum absolute atomic E-state index is 0.166. The van der Waals surface area contributed by atoms with Crippen molar-refractivity contribution >= 4 is 40.6 Å². The Bertz CT molecular complexity index is 1330. The third-order valence-corrected chi connectivity index (χ3v) is 4.76. The van der Waals surface area contributed by atoms with Gasteiger partial charge in [0.25, 0.3) is 5.52 Å². The number of nitrogens with zero attached hydrogens (tertiary/aromatic N) is 1. The number of benzene rings is 2. The average Bonchev–Trinajstić information content (AvgIpc) is 3.10. The van der Waals surface area contributed by atoms with Gasteiger partial charge in [0, 0.05) is 21.7 Å². The second kappa shape index (κ2) is 6.98. The van der Waals surface area contributed by atoms with Crippen LogP contribution in [0.25, 0.3) is 21.8 Å². The molecular weight excluding hydrogens is 403 g/mol. The van der Waals surface area contributed by atoms with Gasteiger partial charge in [-0.3, -0.25) is 14.4 Å². The van der Waals surface area contributed by atoms with Crippen molar-refractivity contribution in [3.05, 3.63) is 77.1 Å². The van der Waals surface area contributed by atoms with Crippen molar-refractivity contribution < 1.29 is 36.4 Å². The summed E-state index contributed by atoms with van der Waals surface area (Å²) in [4.78, 5) is 34.9. The minimum atomic E-state index is -6.00. The fraction of sp³-hybridized carbons (Fsp3) is 0.0500. The lowest BCUT2D eigenvalue weighted by molar-refractivity contribution is -0.865. The van der Waals surface area contributed by atoms with Crippen molar-refractivity contribution in [2.75, 3.05) is 7.11 Å². The zero-order valence-corrected chi connectivity index (χ0v) is 15.5. The second-order valence-corrected chi connectivity index (χ2v) is 6.52. The maximum atomic E-state index is 13.2. The van der Waals surface area contributed by atoms with Crippen LogP contribution in [0.2, 0.25) is 0 Å². The summed E-state index contributed by atoms with van der Waals surface area (Å²) < 4.78 is 40.5. The van der Waals surface area contributed by atoms with Crippen molar-refractivity contribution in [1.29, 1.82) is 0 Å². The smallest absolute Gasteiger partial charge is 0.418 e. The topological polar surface area (TPSA) is 63.0 Å². The number of halogens is 4. The van der Waals surface area contributed by atoms with Crippen molar-refractivity contribution in [2.45, 2.75) is 0 Å². The monoisotopic (exact) mass is 416 g/mol. The van der Waals surface area contributed by atoms with Crippen molar-refractivity contribution in [3.8, 4) is 0 Å². The number of para-hydroxylation sites is 2. The first kappa shape index (κ1) is 19.6. The lowest BCUT2D eigenvalue weighted by atomic mass is 9.86. The molecule has 0 unspecified atom stereocenters.